The Morgan fingerprint density at radius 3 is 2.75 bits per heavy atom. The molecular weight excluding hydrogens is 350 g/mol. The largest absolute Gasteiger partial charge is 0.339 e. The third kappa shape index (κ3) is 2.91. The van der Waals surface area contributed by atoms with Crippen molar-refractivity contribution in [3.8, 4) is 11.4 Å². The molecule has 3 aromatic rings. The van der Waals surface area contributed by atoms with E-state index >= 15 is 0 Å². The van der Waals surface area contributed by atoms with Crippen LogP contribution in [0, 0.1) is 13.8 Å². The summed E-state index contributed by atoms with van der Waals surface area (Å²) in [5.74, 6) is 1.19. The summed E-state index contributed by atoms with van der Waals surface area (Å²) in [4.78, 5) is 19.1. The normalized spacial score (nSPS) is 18.7. The number of carbonyl (C=O) groups excluding carboxylic acids is 1. The number of rotatable bonds is 3. The molecule has 1 aliphatic heterocycles. The average molecular weight is 373 g/mol. The lowest BCUT2D eigenvalue weighted by molar-refractivity contribution is -0.117. The van der Waals surface area contributed by atoms with Gasteiger partial charge in [0.1, 0.15) is 0 Å². The standard InChI is InChI=1S/C23H23N3O2/c1-14-6-7-18(10-15(14)2)22-24-23(28-25-22)19-12-21(27)26(13-19)20-9-8-16-4-3-5-17(16)11-20/h6-11,19H,3-5,12-13H2,1-2H3. The summed E-state index contributed by atoms with van der Waals surface area (Å²) >= 11 is 0. The van der Waals surface area contributed by atoms with Gasteiger partial charge in [-0.2, -0.15) is 4.98 Å². The number of aryl methyl sites for hydroxylation is 4. The molecule has 0 bridgehead atoms. The number of aromatic nitrogens is 2. The van der Waals surface area contributed by atoms with Gasteiger partial charge < -0.3 is 9.42 Å². The van der Waals surface area contributed by atoms with Gasteiger partial charge >= 0.3 is 0 Å². The maximum Gasteiger partial charge on any atom is 0.232 e. The van der Waals surface area contributed by atoms with Crippen molar-refractivity contribution in [1.29, 1.82) is 0 Å². The molecule has 2 aromatic carbocycles. The van der Waals surface area contributed by atoms with E-state index in [1.165, 1.54) is 28.7 Å². The molecular formula is C23H23N3O2. The number of benzene rings is 2. The molecule has 2 heterocycles. The van der Waals surface area contributed by atoms with Crippen LogP contribution in [0.4, 0.5) is 5.69 Å². The first-order valence-corrected chi connectivity index (χ1v) is 9.92. The van der Waals surface area contributed by atoms with Crippen LogP contribution in [0.15, 0.2) is 40.9 Å². The fraction of sp³-hybridized carbons (Fsp3) is 0.348. The fourth-order valence-electron chi connectivity index (χ4n) is 4.25. The number of nitrogens with zero attached hydrogens (tertiary/aromatic N) is 3. The van der Waals surface area contributed by atoms with Crippen LogP contribution in [0.2, 0.25) is 0 Å². The molecule has 5 nitrogen and oxygen atoms in total. The molecule has 1 atom stereocenters. The second-order valence-electron chi connectivity index (χ2n) is 7.97. The van der Waals surface area contributed by atoms with Gasteiger partial charge in [-0.25, -0.2) is 0 Å². The summed E-state index contributed by atoms with van der Waals surface area (Å²) in [7, 11) is 0. The van der Waals surface area contributed by atoms with E-state index in [2.05, 4.69) is 54.3 Å². The summed E-state index contributed by atoms with van der Waals surface area (Å²) in [5, 5.41) is 4.16. The van der Waals surface area contributed by atoms with Crippen molar-refractivity contribution in [3.05, 3.63) is 64.5 Å². The molecule has 0 N–H and O–H groups in total. The first-order chi connectivity index (χ1) is 13.6. The van der Waals surface area contributed by atoms with Crippen molar-refractivity contribution in [2.45, 2.75) is 45.4 Å². The van der Waals surface area contributed by atoms with Crippen LogP contribution in [0.25, 0.3) is 11.4 Å². The first-order valence-electron chi connectivity index (χ1n) is 9.92. The molecule has 5 heteroatoms. The Morgan fingerprint density at radius 2 is 1.89 bits per heavy atom. The lowest BCUT2D eigenvalue weighted by Crippen LogP contribution is -2.24. The zero-order valence-electron chi connectivity index (χ0n) is 16.2. The van der Waals surface area contributed by atoms with Gasteiger partial charge in [0.2, 0.25) is 17.6 Å². The predicted molar refractivity (Wildman–Crippen MR) is 107 cm³/mol. The number of fused-ring (bicyclic) bond motifs is 1. The van der Waals surface area contributed by atoms with Crippen LogP contribution in [0.3, 0.4) is 0 Å². The van der Waals surface area contributed by atoms with Gasteiger partial charge in [-0.1, -0.05) is 23.4 Å². The van der Waals surface area contributed by atoms with Crippen LogP contribution in [0.5, 0.6) is 0 Å². The molecule has 1 fully saturated rings. The van der Waals surface area contributed by atoms with Crippen LogP contribution < -0.4 is 4.90 Å². The summed E-state index contributed by atoms with van der Waals surface area (Å²) in [6.07, 6.45) is 3.87. The van der Waals surface area contributed by atoms with E-state index in [1.807, 2.05) is 11.0 Å². The Kier molecular flexibility index (Phi) is 4.04. The third-order valence-electron chi connectivity index (χ3n) is 6.07. The molecule has 0 spiro atoms. The molecule has 5 rings (SSSR count). The monoisotopic (exact) mass is 373 g/mol. The first kappa shape index (κ1) is 17.2. The highest BCUT2D eigenvalue weighted by atomic mass is 16.5. The van der Waals surface area contributed by atoms with Crippen molar-refractivity contribution >= 4 is 11.6 Å². The van der Waals surface area contributed by atoms with E-state index in [4.69, 9.17) is 4.52 Å². The Labute approximate surface area is 164 Å². The van der Waals surface area contributed by atoms with E-state index in [0.717, 1.165) is 24.1 Å². The minimum atomic E-state index is -0.0615. The predicted octanol–water partition coefficient (Wildman–Crippen LogP) is 4.36. The van der Waals surface area contributed by atoms with Crippen LogP contribution in [-0.4, -0.2) is 22.6 Å². The number of hydrogen-bond acceptors (Lipinski definition) is 4. The van der Waals surface area contributed by atoms with E-state index in [1.54, 1.807) is 0 Å². The summed E-state index contributed by atoms with van der Waals surface area (Å²) in [5.41, 5.74) is 7.16. The molecule has 1 amide bonds. The van der Waals surface area contributed by atoms with E-state index < -0.39 is 0 Å². The van der Waals surface area contributed by atoms with Crippen LogP contribution >= 0.6 is 0 Å². The summed E-state index contributed by atoms with van der Waals surface area (Å²) < 4.78 is 5.54. The van der Waals surface area contributed by atoms with Gasteiger partial charge in [-0.05, 0) is 73.6 Å². The van der Waals surface area contributed by atoms with Gasteiger partial charge in [0.15, 0.2) is 0 Å². The van der Waals surface area contributed by atoms with Crippen molar-refractivity contribution < 1.29 is 9.32 Å². The fourth-order valence-corrected chi connectivity index (χ4v) is 4.25. The second kappa shape index (κ2) is 6.59. The van der Waals surface area contributed by atoms with E-state index in [0.29, 0.717) is 24.7 Å². The van der Waals surface area contributed by atoms with Gasteiger partial charge in [-0.3, -0.25) is 4.79 Å². The second-order valence-corrected chi connectivity index (χ2v) is 7.97. The lowest BCUT2D eigenvalue weighted by atomic mass is 10.1. The molecule has 1 aromatic heterocycles. The molecule has 28 heavy (non-hydrogen) atoms. The quantitative estimate of drug-likeness (QED) is 0.684. The topological polar surface area (TPSA) is 59.2 Å². The van der Waals surface area contributed by atoms with Crippen LogP contribution in [-0.2, 0) is 17.6 Å². The number of amides is 1. The van der Waals surface area contributed by atoms with Crippen molar-refractivity contribution in [2.75, 3.05) is 11.4 Å². The Bertz CT molecular complexity index is 1070. The molecule has 1 unspecified atom stereocenters. The van der Waals surface area contributed by atoms with Crippen molar-refractivity contribution in [3.63, 3.8) is 0 Å². The minimum absolute atomic E-state index is 0.0615. The van der Waals surface area contributed by atoms with Crippen molar-refractivity contribution in [1.82, 2.24) is 10.1 Å². The summed E-state index contributed by atoms with van der Waals surface area (Å²) in [6.45, 7) is 4.74. The molecule has 1 saturated heterocycles. The van der Waals surface area contributed by atoms with E-state index in [-0.39, 0.29) is 11.8 Å². The number of anilines is 1. The van der Waals surface area contributed by atoms with E-state index in [9.17, 15) is 4.79 Å². The summed E-state index contributed by atoms with van der Waals surface area (Å²) in [6, 6.07) is 12.6. The maximum absolute atomic E-state index is 12.7. The smallest absolute Gasteiger partial charge is 0.232 e. The van der Waals surface area contributed by atoms with Gasteiger partial charge in [0.25, 0.3) is 0 Å². The average Bonchev–Trinajstić information content (AvgIpc) is 3.42. The Morgan fingerprint density at radius 1 is 1.04 bits per heavy atom. The SMILES string of the molecule is Cc1ccc(-c2noc(C3CC(=O)N(c4ccc5c(c4)CCC5)C3)n2)cc1C. The van der Waals surface area contributed by atoms with Gasteiger partial charge in [0, 0.05) is 24.2 Å². The lowest BCUT2D eigenvalue weighted by Gasteiger charge is -2.17. The Balaban J connectivity index is 1.37. The highest BCUT2D eigenvalue weighted by Gasteiger charge is 2.35. The number of hydrogen-bond donors (Lipinski definition) is 0. The van der Waals surface area contributed by atoms with Crippen LogP contribution in [0.1, 0.15) is 46.9 Å². The molecule has 1 aliphatic carbocycles. The molecule has 0 saturated carbocycles. The maximum atomic E-state index is 12.7. The Hall–Kier alpha value is -2.95. The minimum Gasteiger partial charge on any atom is -0.339 e. The molecule has 142 valence electrons. The van der Waals surface area contributed by atoms with Gasteiger partial charge in [0.05, 0.1) is 5.92 Å². The third-order valence-corrected chi connectivity index (χ3v) is 6.07. The number of carbonyl (C=O) groups is 1. The molecule has 2 aliphatic rings. The van der Waals surface area contributed by atoms with Gasteiger partial charge in [-0.15, -0.1) is 0 Å². The van der Waals surface area contributed by atoms with Crippen molar-refractivity contribution in [2.24, 2.45) is 0 Å². The highest BCUT2D eigenvalue weighted by Crippen LogP contribution is 2.34. The molecule has 0 radical (unpaired) electrons. The zero-order chi connectivity index (χ0) is 19.3. The highest BCUT2D eigenvalue weighted by molar-refractivity contribution is 5.96. The zero-order valence-corrected chi connectivity index (χ0v) is 16.2.